The molecule has 2 heteroatoms. The fraction of sp³-hybridized carbons (Fsp3) is 0.245. The van der Waals surface area contributed by atoms with E-state index in [1.165, 1.54) is 102 Å². The highest BCUT2D eigenvalue weighted by atomic mass is 16.5. The highest BCUT2D eigenvalue weighted by Crippen LogP contribution is 2.59. The topological polar surface area (TPSA) is 12.5 Å². The van der Waals surface area contributed by atoms with E-state index in [0.717, 1.165) is 30.0 Å². The number of piperidine rings is 1. The number of ether oxygens (including phenoxy) is 1. The third-order valence-electron chi connectivity index (χ3n) is 13.7. The molecule has 0 N–H and O–H groups in total. The Morgan fingerprint density at radius 1 is 0.564 bits per heavy atom. The number of aryl methyl sites for hydroxylation is 1. The fourth-order valence-corrected chi connectivity index (χ4v) is 10.7. The second kappa shape index (κ2) is 11.5. The molecule has 2 nitrogen and oxygen atoms in total. The van der Waals surface area contributed by atoms with Crippen molar-refractivity contribution in [3.63, 3.8) is 0 Å². The number of hydrogen-bond donors (Lipinski definition) is 0. The van der Waals surface area contributed by atoms with Gasteiger partial charge < -0.3 is 9.64 Å². The number of benzene rings is 7. The summed E-state index contributed by atoms with van der Waals surface area (Å²) in [6.45, 7) is 14.0. The summed E-state index contributed by atoms with van der Waals surface area (Å²) < 4.78 is 7.80. The van der Waals surface area contributed by atoms with Gasteiger partial charge in [-0.15, -0.1) is 0 Å². The van der Waals surface area contributed by atoms with Crippen LogP contribution < -0.4 is 9.64 Å². The van der Waals surface area contributed by atoms with Gasteiger partial charge in [-0.2, -0.15) is 0 Å². The molecule has 270 valence electrons. The van der Waals surface area contributed by atoms with Crippen molar-refractivity contribution in [2.45, 2.75) is 70.3 Å². The van der Waals surface area contributed by atoms with Crippen molar-refractivity contribution >= 4 is 33.3 Å². The maximum Gasteiger partial charge on any atom is 0.178 e. The zero-order chi connectivity index (χ0) is 37.3. The zero-order valence-corrected chi connectivity index (χ0v) is 32.6. The van der Waals surface area contributed by atoms with Gasteiger partial charge in [0, 0.05) is 51.7 Å². The van der Waals surface area contributed by atoms with Gasteiger partial charge in [0.2, 0.25) is 0 Å². The number of rotatable bonds is 3. The molecule has 0 spiro atoms. The van der Waals surface area contributed by atoms with Gasteiger partial charge in [-0.1, -0.05) is 130 Å². The van der Waals surface area contributed by atoms with Crippen LogP contribution in [0.25, 0.3) is 49.9 Å². The standard InChI is InChI=1S/C53H47NO/c1-33-17-23-42-45(29-33)52(4,5)49-43-25-26-53(55-50(43)41-16-10-9-15-40(41)48(42)49,36-18-21-38(22-19-36)54-27-11-6-12-28-54)37-20-24-39-44-30-34-13-7-8-14-35(34)31-46(44)51(2,3)47(39)32-37/h7-10,13-26,29-32H,6,11-12,27-28H2,1-5H3. The quantitative estimate of drug-likeness (QED) is 0.181. The van der Waals surface area contributed by atoms with E-state index in [1.807, 2.05) is 0 Å². The third kappa shape index (κ3) is 4.55. The minimum absolute atomic E-state index is 0.165. The summed E-state index contributed by atoms with van der Waals surface area (Å²) >= 11 is 0. The zero-order valence-electron chi connectivity index (χ0n) is 32.6. The van der Waals surface area contributed by atoms with Crippen molar-refractivity contribution in [2.75, 3.05) is 18.0 Å². The van der Waals surface area contributed by atoms with Crippen LogP contribution in [0.3, 0.4) is 0 Å². The summed E-state index contributed by atoms with van der Waals surface area (Å²) in [4.78, 5) is 2.55. The summed E-state index contributed by atoms with van der Waals surface area (Å²) in [5, 5.41) is 5.00. The van der Waals surface area contributed by atoms with E-state index < -0.39 is 5.60 Å². The number of hydrogen-bond acceptors (Lipinski definition) is 2. The van der Waals surface area contributed by atoms with Crippen LogP contribution in [0.5, 0.6) is 5.75 Å². The minimum atomic E-state index is -0.832. The molecule has 0 bridgehead atoms. The Morgan fingerprint density at radius 2 is 1.22 bits per heavy atom. The van der Waals surface area contributed by atoms with Gasteiger partial charge in [0.1, 0.15) is 5.75 Å². The first-order valence-electron chi connectivity index (χ1n) is 20.3. The lowest BCUT2D eigenvalue weighted by Crippen LogP contribution is -2.35. The Kier molecular flexibility index (Phi) is 6.84. The van der Waals surface area contributed by atoms with E-state index in [1.54, 1.807) is 0 Å². The summed E-state index contributed by atoms with van der Waals surface area (Å²) in [7, 11) is 0. The number of anilines is 1. The molecule has 1 unspecified atom stereocenters. The molecular formula is C53H47NO. The van der Waals surface area contributed by atoms with Gasteiger partial charge in [-0.25, -0.2) is 0 Å². The summed E-state index contributed by atoms with van der Waals surface area (Å²) in [5.41, 5.74) is 15.8. The largest absolute Gasteiger partial charge is 0.472 e. The molecule has 2 aliphatic heterocycles. The summed E-state index contributed by atoms with van der Waals surface area (Å²) in [6.07, 6.45) is 8.62. The van der Waals surface area contributed by atoms with Crippen molar-refractivity contribution < 1.29 is 4.74 Å². The van der Waals surface area contributed by atoms with Gasteiger partial charge in [0.05, 0.1) is 0 Å². The minimum Gasteiger partial charge on any atom is -0.472 e. The summed E-state index contributed by atoms with van der Waals surface area (Å²) in [5.74, 6) is 0.976. The Balaban J connectivity index is 1.13. The normalized spacial score (nSPS) is 19.8. The Hall–Kier alpha value is -5.60. The average Bonchev–Trinajstić information content (AvgIpc) is 3.58. The van der Waals surface area contributed by atoms with E-state index in [4.69, 9.17) is 4.74 Å². The van der Waals surface area contributed by atoms with Crippen molar-refractivity contribution in [1.29, 1.82) is 0 Å². The lowest BCUT2D eigenvalue weighted by molar-refractivity contribution is 0.163. The maximum atomic E-state index is 7.80. The molecule has 4 aliphatic rings. The maximum absolute atomic E-state index is 7.80. The molecule has 11 rings (SSSR count). The molecule has 0 radical (unpaired) electrons. The first kappa shape index (κ1) is 32.8. The molecule has 55 heavy (non-hydrogen) atoms. The smallest absolute Gasteiger partial charge is 0.178 e. The Bertz CT molecular complexity index is 2780. The summed E-state index contributed by atoms with van der Waals surface area (Å²) in [6, 6.07) is 46.0. The molecule has 7 aromatic rings. The highest BCUT2D eigenvalue weighted by Gasteiger charge is 2.45. The van der Waals surface area contributed by atoms with E-state index in [0.29, 0.717) is 0 Å². The predicted octanol–water partition coefficient (Wildman–Crippen LogP) is 13.3. The van der Waals surface area contributed by atoms with E-state index in [2.05, 4.69) is 173 Å². The molecule has 1 saturated heterocycles. The van der Waals surface area contributed by atoms with Gasteiger partial charge in [0.25, 0.3) is 0 Å². The van der Waals surface area contributed by atoms with Crippen LogP contribution in [0, 0.1) is 6.92 Å². The van der Waals surface area contributed by atoms with Crippen LogP contribution >= 0.6 is 0 Å². The van der Waals surface area contributed by atoms with Crippen LogP contribution in [-0.2, 0) is 16.4 Å². The Morgan fingerprint density at radius 3 is 2.00 bits per heavy atom. The van der Waals surface area contributed by atoms with E-state index in [9.17, 15) is 0 Å². The highest BCUT2D eigenvalue weighted by molar-refractivity contribution is 6.08. The first-order valence-corrected chi connectivity index (χ1v) is 20.3. The van der Waals surface area contributed by atoms with Crippen LogP contribution in [0.4, 0.5) is 5.69 Å². The van der Waals surface area contributed by atoms with Crippen LogP contribution in [-0.4, -0.2) is 13.1 Å². The molecule has 1 atom stereocenters. The predicted molar refractivity (Wildman–Crippen MR) is 231 cm³/mol. The molecule has 0 aromatic heterocycles. The van der Waals surface area contributed by atoms with Crippen molar-refractivity contribution in [3.05, 3.63) is 172 Å². The molecule has 1 fully saturated rings. The van der Waals surface area contributed by atoms with Gasteiger partial charge in [0.15, 0.2) is 5.60 Å². The molecule has 7 aromatic carbocycles. The second-order valence-electron chi connectivity index (χ2n) is 17.6. The molecule has 0 saturated carbocycles. The van der Waals surface area contributed by atoms with Crippen LogP contribution in [0.2, 0.25) is 0 Å². The van der Waals surface area contributed by atoms with Gasteiger partial charge in [-0.3, -0.25) is 0 Å². The SMILES string of the molecule is Cc1ccc2c(c1)C(C)(C)c1c3c(c4ccccc4c1-2)OC(c1ccc(N2CCCCC2)cc1)(c1ccc2c(c1)C(C)(C)c1cc4ccccc4cc1-2)C=C3. The van der Waals surface area contributed by atoms with Crippen LogP contribution in [0.1, 0.15) is 91.5 Å². The molecule has 0 amide bonds. The lowest BCUT2D eigenvalue weighted by Gasteiger charge is -2.39. The molecule has 2 heterocycles. The van der Waals surface area contributed by atoms with Gasteiger partial charge in [-0.05, 0) is 123 Å². The fourth-order valence-electron chi connectivity index (χ4n) is 10.7. The first-order chi connectivity index (χ1) is 26.6. The van der Waals surface area contributed by atoms with Crippen molar-refractivity contribution in [2.24, 2.45) is 0 Å². The molecule has 2 aliphatic carbocycles. The van der Waals surface area contributed by atoms with Crippen molar-refractivity contribution in [1.82, 2.24) is 0 Å². The second-order valence-corrected chi connectivity index (χ2v) is 17.6. The van der Waals surface area contributed by atoms with Crippen LogP contribution in [0.15, 0.2) is 127 Å². The Labute approximate surface area is 325 Å². The monoisotopic (exact) mass is 713 g/mol. The number of nitrogens with zero attached hydrogens (tertiary/aromatic N) is 1. The molecular weight excluding hydrogens is 667 g/mol. The van der Waals surface area contributed by atoms with Crippen molar-refractivity contribution in [3.8, 4) is 28.0 Å². The van der Waals surface area contributed by atoms with Gasteiger partial charge >= 0.3 is 0 Å². The lowest BCUT2D eigenvalue weighted by atomic mass is 9.75. The number of fused-ring (bicyclic) bond motifs is 12. The average molecular weight is 714 g/mol. The van der Waals surface area contributed by atoms with E-state index in [-0.39, 0.29) is 10.8 Å². The third-order valence-corrected chi connectivity index (χ3v) is 13.7. The van der Waals surface area contributed by atoms with E-state index >= 15 is 0 Å².